The van der Waals surface area contributed by atoms with Crippen LogP contribution < -0.4 is 9.47 Å². The number of aryl methyl sites for hydroxylation is 1. The fraction of sp³-hybridized carbons (Fsp3) is 0.200. The van der Waals surface area contributed by atoms with E-state index in [0.29, 0.717) is 0 Å². The molecule has 5 nitrogen and oxygen atoms in total. The van der Waals surface area contributed by atoms with Gasteiger partial charge in [0.2, 0.25) is 0 Å². The van der Waals surface area contributed by atoms with Crippen LogP contribution in [0.15, 0.2) is 47.6 Å². The van der Waals surface area contributed by atoms with Gasteiger partial charge in [0.05, 0.1) is 14.2 Å². The highest BCUT2D eigenvalue weighted by Crippen LogP contribution is 2.27. The molecular weight excluding hydrogens is 346 g/mol. The lowest BCUT2D eigenvalue weighted by molar-refractivity contribution is 0.402. The van der Waals surface area contributed by atoms with Crippen LogP contribution in [0.5, 0.6) is 11.5 Å². The van der Waals surface area contributed by atoms with E-state index in [2.05, 4.69) is 41.4 Å². The molecule has 3 rings (SSSR count). The Labute approximate surface area is 157 Å². The zero-order chi connectivity index (χ0) is 18.5. The van der Waals surface area contributed by atoms with E-state index >= 15 is 0 Å². The van der Waals surface area contributed by atoms with Crippen LogP contribution in [0.25, 0.3) is 17.8 Å². The van der Waals surface area contributed by atoms with Crippen molar-refractivity contribution in [3.05, 3.63) is 59.4 Å². The van der Waals surface area contributed by atoms with Crippen LogP contribution >= 0.6 is 11.8 Å². The van der Waals surface area contributed by atoms with Crippen LogP contribution in [-0.4, -0.2) is 35.2 Å². The zero-order valence-corrected chi connectivity index (χ0v) is 16.1. The first-order valence-corrected chi connectivity index (χ1v) is 9.35. The first-order chi connectivity index (χ1) is 12.7. The second-order valence-corrected chi connectivity index (χ2v) is 6.43. The van der Waals surface area contributed by atoms with E-state index in [-0.39, 0.29) is 0 Å². The molecule has 134 valence electrons. The van der Waals surface area contributed by atoms with Crippen LogP contribution in [0.4, 0.5) is 0 Å². The Balaban J connectivity index is 2.02. The Morgan fingerprint density at radius 1 is 0.962 bits per heavy atom. The lowest BCUT2D eigenvalue weighted by atomic mass is 10.1. The van der Waals surface area contributed by atoms with E-state index in [9.17, 15) is 0 Å². The summed E-state index contributed by atoms with van der Waals surface area (Å²) >= 11 is 1.56. The number of methoxy groups -OCH3 is 2. The number of hydrogen-bond donors (Lipinski definition) is 0. The van der Waals surface area contributed by atoms with Crippen molar-refractivity contribution in [2.75, 3.05) is 20.5 Å². The monoisotopic (exact) mass is 367 g/mol. The van der Waals surface area contributed by atoms with Gasteiger partial charge < -0.3 is 9.47 Å². The van der Waals surface area contributed by atoms with E-state index < -0.39 is 0 Å². The molecule has 0 bridgehead atoms. The van der Waals surface area contributed by atoms with Crippen molar-refractivity contribution in [3.8, 4) is 17.2 Å². The van der Waals surface area contributed by atoms with Crippen LogP contribution in [0.2, 0.25) is 0 Å². The minimum Gasteiger partial charge on any atom is -0.497 e. The highest BCUT2D eigenvalue weighted by atomic mass is 32.2. The second-order valence-electron chi connectivity index (χ2n) is 5.66. The maximum Gasteiger partial charge on any atom is 0.195 e. The molecule has 0 aliphatic heterocycles. The summed E-state index contributed by atoms with van der Waals surface area (Å²) < 4.78 is 12.8. The Bertz CT molecular complexity index is 917. The minimum atomic E-state index is 0.753. The molecule has 0 amide bonds. The molecular formula is C20H21N3O2S. The summed E-state index contributed by atoms with van der Waals surface area (Å²) in [6, 6.07) is 14.0. The predicted molar refractivity (Wildman–Crippen MR) is 106 cm³/mol. The molecule has 0 N–H and O–H groups in total. The molecule has 0 saturated heterocycles. The zero-order valence-electron chi connectivity index (χ0n) is 15.3. The van der Waals surface area contributed by atoms with Crippen molar-refractivity contribution >= 4 is 23.9 Å². The van der Waals surface area contributed by atoms with Gasteiger partial charge in [-0.05, 0) is 55.7 Å². The molecule has 0 spiro atoms. The van der Waals surface area contributed by atoms with Gasteiger partial charge in [0.15, 0.2) is 11.0 Å². The summed E-state index contributed by atoms with van der Waals surface area (Å²) in [7, 11) is 3.30. The fourth-order valence-corrected chi connectivity index (χ4v) is 3.10. The Morgan fingerprint density at radius 3 is 2.38 bits per heavy atom. The highest BCUT2D eigenvalue weighted by molar-refractivity contribution is 7.98. The van der Waals surface area contributed by atoms with Crippen LogP contribution in [0, 0.1) is 6.92 Å². The van der Waals surface area contributed by atoms with Gasteiger partial charge in [0, 0.05) is 11.3 Å². The Hall–Kier alpha value is -2.73. The van der Waals surface area contributed by atoms with E-state index in [0.717, 1.165) is 33.7 Å². The largest absolute Gasteiger partial charge is 0.497 e. The molecule has 0 radical (unpaired) electrons. The van der Waals surface area contributed by atoms with Crippen molar-refractivity contribution in [2.45, 2.75) is 12.1 Å². The van der Waals surface area contributed by atoms with E-state index in [1.54, 1.807) is 26.0 Å². The first-order valence-electron chi connectivity index (χ1n) is 8.13. The summed E-state index contributed by atoms with van der Waals surface area (Å²) in [5.41, 5.74) is 3.16. The smallest absolute Gasteiger partial charge is 0.195 e. The van der Waals surface area contributed by atoms with Gasteiger partial charge in [0.1, 0.15) is 11.5 Å². The maximum absolute atomic E-state index is 5.43. The molecule has 1 aromatic heterocycles. The second kappa shape index (κ2) is 8.10. The number of aromatic nitrogens is 3. The molecule has 0 fully saturated rings. The molecule has 26 heavy (non-hydrogen) atoms. The lowest BCUT2D eigenvalue weighted by Crippen LogP contribution is -1.99. The Morgan fingerprint density at radius 2 is 1.73 bits per heavy atom. The topological polar surface area (TPSA) is 49.2 Å². The van der Waals surface area contributed by atoms with Crippen molar-refractivity contribution in [1.29, 1.82) is 0 Å². The number of benzene rings is 2. The summed E-state index contributed by atoms with van der Waals surface area (Å²) in [6.07, 6.45) is 5.89. The van der Waals surface area contributed by atoms with Gasteiger partial charge in [-0.3, -0.25) is 4.57 Å². The number of rotatable bonds is 6. The molecule has 2 aromatic carbocycles. The summed E-state index contributed by atoms with van der Waals surface area (Å²) in [4.78, 5) is 0. The predicted octanol–water partition coefficient (Wildman–Crippen LogP) is 4.49. The minimum absolute atomic E-state index is 0.753. The number of thioether (sulfide) groups is 1. The first kappa shape index (κ1) is 18.1. The summed E-state index contributed by atoms with van der Waals surface area (Å²) in [5.74, 6) is 2.30. The summed E-state index contributed by atoms with van der Waals surface area (Å²) in [6.45, 7) is 2.07. The van der Waals surface area contributed by atoms with Gasteiger partial charge in [-0.1, -0.05) is 29.5 Å². The molecule has 1 heterocycles. The average molecular weight is 367 g/mol. The van der Waals surface area contributed by atoms with Crippen LogP contribution in [0.3, 0.4) is 0 Å². The average Bonchev–Trinajstić information content (AvgIpc) is 3.09. The third-order valence-corrected chi connectivity index (χ3v) is 4.61. The quantitative estimate of drug-likeness (QED) is 0.601. The number of nitrogens with zero attached hydrogens (tertiary/aromatic N) is 3. The maximum atomic E-state index is 5.43. The van der Waals surface area contributed by atoms with Crippen molar-refractivity contribution < 1.29 is 9.47 Å². The Kier molecular flexibility index (Phi) is 5.63. The third kappa shape index (κ3) is 3.75. The van der Waals surface area contributed by atoms with Crippen LogP contribution in [-0.2, 0) is 0 Å². The highest BCUT2D eigenvalue weighted by Gasteiger charge is 2.11. The van der Waals surface area contributed by atoms with Crippen LogP contribution in [0.1, 0.15) is 17.0 Å². The van der Waals surface area contributed by atoms with Gasteiger partial charge in [0.25, 0.3) is 0 Å². The van der Waals surface area contributed by atoms with Gasteiger partial charge in [-0.15, -0.1) is 10.2 Å². The third-order valence-electron chi connectivity index (χ3n) is 3.98. The normalized spacial score (nSPS) is 11.1. The van der Waals surface area contributed by atoms with Gasteiger partial charge in [-0.25, -0.2) is 0 Å². The molecule has 0 aliphatic rings. The van der Waals surface area contributed by atoms with E-state index in [4.69, 9.17) is 9.47 Å². The number of hydrogen-bond acceptors (Lipinski definition) is 5. The van der Waals surface area contributed by atoms with Gasteiger partial charge >= 0.3 is 0 Å². The van der Waals surface area contributed by atoms with Crippen molar-refractivity contribution in [1.82, 2.24) is 14.8 Å². The van der Waals surface area contributed by atoms with E-state index in [1.165, 1.54) is 5.56 Å². The molecule has 0 unspecified atom stereocenters. The molecule has 6 heteroatoms. The number of ether oxygens (including phenoxy) is 2. The summed E-state index contributed by atoms with van der Waals surface area (Å²) in [5, 5.41) is 9.46. The molecule has 0 aliphatic carbocycles. The fourth-order valence-electron chi connectivity index (χ4n) is 2.59. The van der Waals surface area contributed by atoms with Crippen molar-refractivity contribution in [3.63, 3.8) is 0 Å². The van der Waals surface area contributed by atoms with E-state index in [1.807, 2.05) is 41.2 Å². The standard InChI is InChI=1S/C20H21N3O2S/c1-14-5-8-16(9-6-14)23-19(21-22-20(23)26-4)12-7-15-13-17(24-2)10-11-18(15)25-3/h5-13H,1-4H3/b12-7+. The molecule has 0 saturated carbocycles. The lowest BCUT2D eigenvalue weighted by Gasteiger charge is -2.09. The van der Waals surface area contributed by atoms with Crippen molar-refractivity contribution in [2.24, 2.45) is 0 Å². The SMILES string of the molecule is COc1ccc(OC)c(/C=C/c2nnc(SC)n2-c2ccc(C)cc2)c1. The molecule has 3 aromatic rings. The van der Waals surface area contributed by atoms with Gasteiger partial charge in [-0.2, -0.15) is 0 Å². The molecule has 0 atom stereocenters.